The quantitative estimate of drug-likeness (QED) is 0.833. The molecule has 0 spiro atoms. The molecule has 0 aromatic carbocycles. The Labute approximate surface area is 86.8 Å². The Morgan fingerprint density at radius 3 is 2.69 bits per heavy atom. The van der Waals surface area contributed by atoms with E-state index >= 15 is 0 Å². The van der Waals surface area contributed by atoms with E-state index < -0.39 is 11.8 Å². The van der Waals surface area contributed by atoms with Gasteiger partial charge in [0.2, 0.25) is 5.83 Å². The monoisotopic (exact) mass is 264 g/mol. The van der Waals surface area contributed by atoms with Gasteiger partial charge < -0.3 is 5.11 Å². The zero-order chi connectivity index (χ0) is 10.0. The molecular weight excluding hydrogens is 259 g/mol. The maximum absolute atomic E-state index is 12.9. The van der Waals surface area contributed by atoms with Crippen LogP contribution in [0, 0.1) is 0 Å². The number of rotatable bonds is 2. The van der Waals surface area contributed by atoms with Crippen molar-refractivity contribution in [1.82, 2.24) is 0 Å². The van der Waals surface area contributed by atoms with Gasteiger partial charge in [0.25, 0.3) is 0 Å². The molecule has 2 nitrogen and oxygen atoms in total. The highest BCUT2D eigenvalue weighted by molar-refractivity contribution is 9.10. The molecule has 0 saturated heterocycles. The number of halogens is 2. The molecule has 5 heteroatoms. The zero-order valence-electron chi connectivity index (χ0n) is 6.67. The number of carboxylic acid groups (broad SMARTS) is 1. The van der Waals surface area contributed by atoms with Crippen molar-refractivity contribution in [2.24, 2.45) is 0 Å². The van der Waals surface area contributed by atoms with Crippen LogP contribution in [-0.4, -0.2) is 11.1 Å². The van der Waals surface area contributed by atoms with Crippen LogP contribution in [0.2, 0.25) is 0 Å². The normalized spacial score (nSPS) is 12.5. The maximum Gasteiger partial charge on any atom is 0.365 e. The van der Waals surface area contributed by atoms with Gasteiger partial charge in [-0.15, -0.1) is 11.3 Å². The van der Waals surface area contributed by atoms with Gasteiger partial charge in [0, 0.05) is 20.3 Å². The minimum absolute atomic E-state index is 0.156. The summed E-state index contributed by atoms with van der Waals surface area (Å²) in [5.41, 5.74) is 0.156. The summed E-state index contributed by atoms with van der Waals surface area (Å²) in [6.45, 7) is 1.45. The lowest BCUT2D eigenvalue weighted by molar-refractivity contribution is -0.134. The summed E-state index contributed by atoms with van der Waals surface area (Å²) in [5.74, 6) is -2.63. The van der Waals surface area contributed by atoms with Crippen LogP contribution in [0.5, 0.6) is 0 Å². The fourth-order valence-corrected chi connectivity index (χ4v) is 2.21. The Balaban J connectivity index is 3.09. The lowest BCUT2D eigenvalue weighted by Crippen LogP contribution is -1.96. The number of carbonyl (C=O) groups is 1. The Morgan fingerprint density at radius 1 is 1.69 bits per heavy atom. The van der Waals surface area contributed by atoms with E-state index in [0.717, 1.165) is 4.47 Å². The third-order valence-corrected chi connectivity index (χ3v) is 3.26. The molecule has 70 valence electrons. The van der Waals surface area contributed by atoms with Crippen molar-refractivity contribution >= 4 is 38.8 Å². The van der Waals surface area contributed by atoms with E-state index in [2.05, 4.69) is 15.9 Å². The molecule has 0 aliphatic rings. The highest BCUT2D eigenvalue weighted by Gasteiger charge is 2.12. The minimum Gasteiger partial charge on any atom is -0.476 e. The van der Waals surface area contributed by atoms with Gasteiger partial charge in [-0.2, -0.15) is 4.39 Å². The van der Waals surface area contributed by atoms with Crippen LogP contribution in [0.4, 0.5) is 4.39 Å². The van der Waals surface area contributed by atoms with Crippen LogP contribution < -0.4 is 0 Å². The van der Waals surface area contributed by atoms with E-state index in [9.17, 15) is 9.18 Å². The molecule has 0 unspecified atom stereocenters. The lowest BCUT2D eigenvalue weighted by Gasteiger charge is -1.96. The lowest BCUT2D eigenvalue weighted by atomic mass is 10.2. The largest absolute Gasteiger partial charge is 0.476 e. The summed E-state index contributed by atoms with van der Waals surface area (Å²) in [4.78, 5) is 10.9. The van der Waals surface area contributed by atoms with Gasteiger partial charge in [-0.3, -0.25) is 0 Å². The van der Waals surface area contributed by atoms with Crippen molar-refractivity contribution in [2.75, 3.05) is 0 Å². The molecule has 1 rings (SSSR count). The summed E-state index contributed by atoms with van der Waals surface area (Å²) in [6.07, 6.45) is 0. The van der Waals surface area contributed by atoms with Gasteiger partial charge >= 0.3 is 5.97 Å². The second-order valence-electron chi connectivity index (χ2n) is 2.37. The third-order valence-electron chi connectivity index (χ3n) is 1.45. The SMILES string of the molecule is CC(=C(F)C(=O)O)c1cc(Br)cs1. The van der Waals surface area contributed by atoms with Crippen molar-refractivity contribution < 1.29 is 14.3 Å². The van der Waals surface area contributed by atoms with Crippen molar-refractivity contribution in [3.8, 4) is 0 Å². The predicted octanol–water partition coefficient (Wildman–Crippen LogP) is 3.30. The van der Waals surface area contributed by atoms with Crippen LogP contribution in [0.15, 0.2) is 21.7 Å². The molecule has 1 aromatic heterocycles. The Kier molecular flexibility index (Phi) is 3.22. The molecule has 1 aromatic rings. The van der Waals surface area contributed by atoms with Crippen molar-refractivity contribution in [2.45, 2.75) is 6.92 Å². The molecular formula is C8H6BrFO2S. The molecule has 0 aliphatic carbocycles. The van der Waals surface area contributed by atoms with Crippen LogP contribution in [0.3, 0.4) is 0 Å². The molecule has 1 heterocycles. The van der Waals surface area contributed by atoms with E-state index in [4.69, 9.17) is 5.11 Å². The standard InChI is InChI=1S/C8H6BrFO2S/c1-4(7(10)8(11)12)6-2-5(9)3-13-6/h2-3H,1H3,(H,11,12). The molecule has 1 N–H and O–H groups in total. The molecule has 0 aliphatic heterocycles. The molecule has 13 heavy (non-hydrogen) atoms. The summed E-state index contributed by atoms with van der Waals surface area (Å²) in [5, 5.41) is 10.2. The van der Waals surface area contributed by atoms with Crippen LogP contribution >= 0.6 is 27.3 Å². The first-order chi connectivity index (χ1) is 6.02. The number of aliphatic carboxylic acids is 1. The molecule has 0 atom stereocenters. The van der Waals surface area contributed by atoms with Gasteiger partial charge in [-0.05, 0) is 28.9 Å². The number of hydrogen-bond acceptors (Lipinski definition) is 2. The van der Waals surface area contributed by atoms with Crippen molar-refractivity contribution in [3.63, 3.8) is 0 Å². The Bertz CT molecular complexity index is 370. The molecule has 0 radical (unpaired) electrons. The summed E-state index contributed by atoms with van der Waals surface area (Å²) < 4.78 is 13.7. The zero-order valence-corrected chi connectivity index (χ0v) is 9.08. The summed E-state index contributed by atoms with van der Waals surface area (Å²) in [7, 11) is 0. The predicted molar refractivity (Wildman–Crippen MR) is 53.4 cm³/mol. The second kappa shape index (κ2) is 4.02. The van der Waals surface area contributed by atoms with Gasteiger partial charge in [-0.25, -0.2) is 4.79 Å². The Hall–Kier alpha value is -0.680. The fraction of sp³-hybridized carbons (Fsp3) is 0.125. The van der Waals surface area contributed by atoms with Gasteiger partial charge in [0.05, 0.1) is 0 Å². The number of thiophene rings is 1. The van der Waals surface area contributed by atoms with Crippen LogP contribution in [0.25, 0.3) is 5.57 Å². The summed E-state index contributed by atoms with van der Waals surface area (Å²) >= 11 is 4.50. The van der Waals surface area contributed by atoms with Crippen molar-refractivity contribution in [3.05, 3.63) is 26.6 Å². The molecule has 0 amide bonds. The van der Waals surface area contributed by atoms with E-state index in [1.807, 2.05) is 0 Å². The highest BCUT2D eigenvalue weighted by atomic mass is 79.9. The van der Waals surface area contributed by atoms with E-state index in [-0.39, 0.29) is 5.57 Å². The third kappa shape index (κ3) is 2.38. The van der Waals surface area contributed by atoms with Gasteiger partial charge in [0.15, 0.2) is 0 Å². The van der Waals surface area contributed by atoms with Crippen LogP contribution in [-0.2, 0) is 4.79 Å². The number of allylic oxidation sites excluding steroid dienone is 1. The maximum atomic E-state index is 12.9. The van der Waals surface area contributed by atoms with Gasteiger partial charge in [-0.1, -0.05) is 0 Å². The number of hydrogen-bond donors (Lipinski definition) is 1. The van der Waals surface area contributed by atoms with Crippen molar-refractivity contribution in [1.29, 1.82) is 0 Å². The smallest absolute Gasteiger partial charge is 0.365 e. The fourth-order valence-electron chi connectivity index (χ4n) is 0.778. The van der Waals surface area contributed by atoms with E-state index in [1.165, 1.54) is 18.3 Å². The van der Waals surface area contributed by atoms with E-state index in [0.29, 0.717) is 4.88 Å². The minimum atomic E-state index is -1.53. The average Bonchev–Trinajstić information content (AvgIpc) is 2.49. The van der Waals surface area contributed by atoms with Crippen LogP contribution in [0.1, 0.15) is 11.8 Å². The Morgan fingerprint density at radius 2 is 2.31 bits per heavy atom. The average molecular weight is 265 g/mol. The molecule has 0 fully saturated rings. The van der Waals surface area contributed by atoms with Gasteiger partial charge in [0.1, 0.15) is 0 Å². The second-order valence-corrected chi connectivity index (χ2v) is 4.20. The summed E-state index contributed by atoms with van der Waals surface area (Å²) in [6, 6.07) is 1.68. The topological polar surface area (TPSA) is 37.3 Å². The van der Waals surface area contributed by atoms with E-state index in [1.54, 1.807) is 11.4 Å². The highest BCUT2D eigenvalue weighted by Crippen LogP contribution is 2.28. The number of carboxylic acids is 1. The first-order valence-electron chi connectivity index (χ1n) is 3.36. The molecule has 0 saturated carbocycles. The molecule has 0 bridgehead atoms. The first kappa shape index (κ1) is 10.4. The first-order valence-corrected chi connectivity index (χ1v) is 5.03.